The Kier molecular flexibility index (Phi) is 4.31. The van der Waals surface area contributed by atoms with Crippen LogP contribution in [0.3, 0.4) is 0 Å². The third-order valence-electron chi connectivity index (χ3n) is 5.22. The standard InChI is InChI=1S/C22H23NO/c24-22-19-14-8-7-13-18(19)21(23-17-11-5-2-6-12-17)20(22)15-16-9-3-1-4-10-16/h1,3-4,7-10,13-15,17,21,23H,2,5-6,11-12H2/b20-15-/t21-/m0/s1. The molecule has 2 aliphatic rings. The Morgan fingerprint density at radius 3 is 2.38 bits per heavy atom. The van der Waals surface area contributed by atoms with Gasteiger partial charge in [0.2, 0.25) is 0 Å². The van der Waals surface area contributed by atoms with Crippen LogP contribution in [0.25, 0.3) is 6.08 Å². The Bertz CT molecular complexity index is 757. The number of carbonyl (C=O) groups is 1. The van der Waals surface area contributed by atoms with Crippen molar-refractivity contribution in [2.45, 2.75) is 44.2 Å². The Morgan fingerprint density at radius 1 is 0.875 bits per heavy atom. The number of ketones is 1. The lowest BCUT2D eigenvalue weighted by Crippen LogP contribution is -2.34. The fourth-order valence-corrected chi connectivity index (χ4v) is 3.97. The van der Waals surface area contributed by atoms with Crippen LogP contribution in [0.15, 0.2) is 60.2 Å². The van der Waals surface area contributed by atoms with E-state index in [1.807, 2.05) is 36.4 Å². The van der Waals surface area contributed by atoms with Gasteiger partial charge in [-0.2, -0.15) is 0 Å². The summed E-state index contributed by atoms with van der Waals surface area (Å²) in [7, 11) is 0. The van der Waals surface area contributed by atoms with Crippen molar-refractivity contribution in [3.63, 3.8) is 0 Å². The Hall–Kier alpha value is -2.19. The molecule has 0 aliphatic heterocycles. The summed E-state index contributed by atoms with van der Waals surface area (Å²) in [6.45, 7) is 0. The Labute approximate surface area is 143 Å². The molecule has 24 heavy (non-hydrogen) atoms. The Balaban J connectivity index is 1.70. The lowest BCUT2D eigenvalue weighted by molar-refractivity contribution is 0.103. The topological polar surface area (TPSA) is 29.1 Å². The maximum Gasteiger partial charge on any atom is 0.191 e. The van der Waals surface area contributed by atoms with Crippen molar-refractivity contribution >= 4 is 11.9 Å². The highest BCUT2D eigenvalue weighted by atomic mass is 16.1. The first-order valence-electron chi connectivity index (χ1n) is 8.99. The molecule has 2 aromatic carbocycles. The molecule has 1 fully saturated rings. The largest absolute Gasteiger partial charge is 0.303 e. The first-order chi connectivity index (χ1) is 11.8. The van der Waals surface area contributed by atoms with E-state index < -0.39 is 0 Å². The zero-order valence-electron chi connectivity index (χ0n) is 13.9. The van der Waals surface area contributed by atoms with Gasteiger partial charge in [0.15, 0.2) is 5.78 Å². The minimum atomic E-state index is 0.0250. The van der Waals surface area contributed by atoms with Crippen molar-refractivity contribution in [2.75, 3.05) is 0 Å². The predicted octanol–water partition coefficient (Wildman–Crippen LogP) is 4.93. The highest BCUT2D eigenvalue weighted by molar-refractivity contribution is 6.16. The fourth-order valence-electron chi connectivity index (χ4n) is 3.97. The molecular formula is C22H23NO. The van der Waals surface area contributed by atoms with Gasteiger partial charge in [0, 0.05) is 17.2 Å². The molecule has 122 valence electrons. The lowest BCUT2D eigenvalue weighted by Gasteiger charge is -2.27. The maximum absolute atomic E-state index is 12.9. The van der Waals surface area contributed by atoms with Crippen LogP contribution in [0.2, 0.25) is 0 Å². The quantitative estimate of drug-likeness (QED) is 0.813. The SMILES string of the molecule is O=C1/C(=C\c2ccccc2)[C@@H](NC2CCCCC2)c2ccccc21. The first kappa shape index (κ1) is 15.3. The fraction of sp³-hybridized carbons (Fsp3) is 0.318. The molecule has 0 radical (unpaired) electrons. The summed E-state index contributed by atoms with van der Waals surface area (Å²) in [4.78, 5) is 12.9. The van der Waals surface area contributed by atoms with Crippen LogP contribution in [-0.4, -0.2) is 11.8 Å². The molecule has 2 heteroatoms. The highest BCUT2D eigenvalue weighted by Crippen LogP contribution is 2.38. The molecule has 0 aromatic heterocycles. The number of Topliss-reactive ketones (excluding diaryl/α,β-unsaturated/α-hetero) is 1. The van der Waals surface area contributed by atoms with E-state index in [-0.39, 0.29) is 11.8 Å². The van der Waals surface area contributed by atoms with Crippen LogP contribution in [0.4, 0.5) is 0 Å². The van der Waals surface area contributed by atoms with Gasteiger partial charge < -0.3 is 5.32 Å². The van der Waals surface area contributed by atoms with Gasteiger partial charge in [-0.05, 0) is 30.0 Å². The number of nitrogens with one attached hydrogen (secondary N) is 1. The van der Waals surface area contributed by atoms with Crippen molar-refractivity contribution in [1.29, 1.82) is 0 Å². The molecule has 0 saturated heterocycles. The summed E-state index contributed by atoms with van der Waals surface area (Å²) in [6, 6.07) is 18.7. The summed E-state index contributed by atoms with van der Waals surface area (Å²) in [5.41, 5.74) is 3.96. The first-order valence-corrected chi connectivity index (χ1v) is 8.99. The van der Waals surface area contributed by atoms with E-state index in [0.29, 0.717) is 6.04 Å². The van der Waals surface area contributed by atoms with Crippen LogP contribution < -0.4 is 5.32 Å². The Morgan fingerprint density at radius 2 is 1.58 bits per heavy atom. The van der Waals surface area contributed by atoms with Gasteiger partial charge in [-0.3, -0.25) is 4.79 Å². The zero-order chi connectivity index (χ0) is 16.4. The van der Waals surface area contributed by atoms with E-state index in [2.05, 4.69) is 29.6 Å². The van der Waals surface area contributed by atoms with Crippen molar-refractivity contribution in [3.8, 4) is 0 Å². The number of rotatable bonds is 3. The second kappa shape index (κ2) is 6.74. The molecular weight excluding hydrogens is 294 g/mol. The summed E-state index contributed by atoms with van der Waals surface area (Å²) in [5, 5.41) is 3.79. The molecule has 2 aliphatic carbocycles. The van der Waals surface area contributed by atoms with Crippen LogP contribution in [0.1, 0.15) is 59.6 Å². The van der Waals surface area contributed by atoms with Crippen molar-refractivity contribution in [3.05, 3.63) is 76.9 Å². The van der Waals surface area contributed by atoms with Gasteiger partial charge in [0.25, 0.3) is 0 Å². The van der Waals surface area contributed by atoms with Gasteiger partial charge in [0.1, 0.15) is 0 Å². The summed E-state index contributed by atoms with van der Waals surface area (Å²) < 4.78 is 0. The van der Waals surface area contributed by atoms with Gasteiger partial charge in [-0.1, -0.05) is 73.9 Å². The van der Waals surface area contributed by atoms with Gasteiger partial charge in [-0.25, -0.2) is 0 Å². The number of fused-ring (bicyclic) bond motifs is 1. The van der Waals surface area contributed by atoms with E-state index in [0.717, 1.165) is 22.3 Å². The van der Waals surface area contributed by atoms with Crippen molar-refractivity contribution in [1.82, 2.24) is 5.32 Å². The number of hydrogen-bond donors (Lipinski definition) is 1. The lowest BCUT2D eigenvalue weighted by atomic mass is 9.93. The van der Waals surface area contributed by atoms with Crippen molar-refractivity contribution < 1.29 is 4.79 Å². The third-order valence-corrected chi connectivity index (χ3v) is 5.22. The molecule has 0 amide bonds. The molecule has 1 saturated carbocycles. The monoisotopic (exact) mass is 317 g/mol. The molecule has 4 rings (SSSR count). The summed E-state index contributed by atoms with van der Waals surface area (Å²) >= 11 is 0. The number of carbonyl (C=O) groups excluding carboxylic acids is 1. The molecule has 0 unspecified atom stereocenters. The van der Waals surface area contributed by atoms with E-state index in [1.165, 1.54) is 32.1 Å². The summed E-state index contributed by atoms with van der Waals surface area (Å²) in [5.74, 6) is 0.169. The van der Waals surface area contributed by atoms with Gasteiger partial charge in [-0.15, -0.1) is 0 Å². The smallest absolute Gasteiger partial charge is 0.191 e. The normalized spacial score (nSPS) is 22.8. The molecule has 0 bridgehead atoms. The van der Waals surface area contributed by atoms with Gasteiger partial charge in [0.05, 0.1) is 6.04 Å². The molecule has 1 atom stereocenters. The van der Waals surface area contributed by atoms with Crippen molar-refractivity contribution in [2.24, 2.45) is 0 Å². The minimum absolute atomic E-state index is 0.0250. The van der Waals surface area contributed by atoms with Crippen LogP contribution in [0, 0.1) is 0 Å². The second-order valence-corrected chi connectivity index (χ2v) is 6.86. The van der Waals surface area contributed by atoms with E-state index >= 15 is 0 Å². The van der Waals surface area contributed by atoms with E-state index in [1.54, 1.807) is 0 Å². The molecule has 2 nitrogen and oxygen atoms in total. The van der Waals surface area contributed by atoms with Gasteiger partial charge >= 0.3 is 0 Å². The molecule has 2 aromatic rings. The summed E-state index contributed by atoms with van der Waals surface area (Å²) in [6.07, 6.45) is 8.40. The zero-order valence-corrected chi connectivity index (χ0v) is 13.9. The highest BCUT2D eigenvalue weighted by Gasteiger charge is 2.35. The number of benzene rings is 2. The van der Waals surface area contributed by atoms with Crippen LogP contribution >= 0.6 is 0 Å². The molecule has 0 spiro atoms. The van der Waals surface area contributed by atoms with E-state index in [4.69, 9.17) is 0 Å². The average molecular weight is 317 g/mol. The molecule has 0 heterocycles. The third kappa shape index (κ3) is 2.94. The maximum atomic E-state index is 12.9. The van der Waals surface area contributed by atoms with E-state index in [9.17, 15) is 4.79 Å². The van der Waals surface area contributed by atoms with Crippen LogP contribution in [-0.2, 0) is 0 Å². The number of hydrogen-bond acceptors (Lipinski definition) is 2. The van der Waals surface area contributed by atoms with Crippen LogP contribution in [0.5, 0.6) is 0 Å². The molecule has 1 N–H and O–H groups in total. The average Bonchev–Trinajstić information content (AvgIpc) is 2.90. The predicted molar refractivity (Wildman–Crippen MR) is 97.9 cm³/mol. The second-order valence-electron chi connectivity index (χ2n) is 6.86. The minimum Gasteiger partial charge on any atom is -0.303 e.